The number of nitrogens with zero attached hydrogens (tertiary/aromatic N) is 1. The summed E-state index contributed by atoms with van der Waals surface area (Å²) in [4.78, 5) is 4.07. The Morgan fingerprint density at radius 1 is 1.37 bits per heavy atom. The van der Waals surface area contributed by atoms with Gasteiger partial charge in [0, 0.05) is 38.9 Å². The SMILES string of the molecule is CC(NC1CC2CCCC(C1)N2C)c1cc(Br)cs1. The fourth-order valence-electron chi connectivity index (χ4n) is 3.74. The number of halogens is 1. The third-order valence-electron chi connectivity index (χ3n) is 4.84. The molecule has 19 heavy (non-hydrogen) atoms. The normalized spacial score (nSPS) is 33.3. The predicted octanol–water partition coefficient (Wildman–Crippen LogP) is 4.18. The molecule has 3 heterocycles. The summed E-state index contributed by atoms with van der Waals surface area (Å²) in [6, 6.07) is 5.05. The monoisotopic (exact) mass is 342 g/mol. The van der Waals surface area contributed by atoms with Crippen molar-refractivity contribution in [3.05, 3.63) is 20.8 Å². The molecule has 0 saturated carbocycles. The smallest absolute Gasteiger partial charge is 0.0388 e. The zero-order chi connectivity index (χ0) is 13.4. The lowest BCUT2D eigenvalue weighted by Crippen LogP contribution is -2.54. The average Bonchev–Trinajstić information content (AvgIpc) is 2.77. The van der Waals surface area contributed by atoms with E-state index in [1.54, 1.807) is 0 Å². The first-order chi connectivity index (χ1) is 9.13. The van der Waals surface area contributed by atoms with E-state index in [1.807, 2.05) is 11.3 Å². The maximum Gasteiger partial charge on any atom is 0.0388 e. The van der Waals surface area contributed by atoms with Crippen LogP contribution >= 0.6 is 27.3 Å². The topological polar surface area (TPSA) is 15.3 Å². The van der Waals surface area contributed by atoms with E-state index >= 15 is 0 Å². The molecule has 4 heteroatoms. The van der Waals surface area contributed by atoms with E-state index in [0.29, 0.717) is 12.1 Å². The van der Waals surface area contributed by atoms with Crippen LogP contribution in [-0.2, 0) is 0 Å². The van der Waals surface area contributed by atoms with Gasteiger partial charge in [0.05, 0.1) is 0 Å². The number of rotatable bonds is 3. The molecule has 3 atom stereocenters. The van der Waals surface area contributed by atoms with Crippen molar-refractivity contribution in [1.82, 2.24) is 10.2 Å². The Kier molecular flexibility index (Phi) is 4.32. The van der Waals surface area contributed by atoms with Gasteiger partial charge >= 0.3 is 0 Å². The third kappa shape index (κ3) is 3.07. The quantitative estimate of drug-likeness (QED) is 0.886. The fraction of sp³-hybridized carbons (Fsp3) is 0.733. The van der Waals surface area contributed by atoms with Crippen LogP contribution in [0.25, 0.3) is 0 Å². The molecule has 2 bridgehead atoms. The van der Waals surface area contributed by atoms with Gasteiger partial charge < -0.3 is 10.2 Å². The van der Waals surface area contributed by atoms with Crippen LogP contribution in [0.15, 0.2) is 15.9 Å². The lowest BCUT2D eigenvalue weighted by molar-refractivity contribution is 0.0464. The van der Waals surface area contributed by atoms with E-state index in [0.717, 1.165) is 12.1 Å². The Morgan fingerprint density at radius 2 is 2.05 bits per heavy atom. The number of hydrogen-bond donors (Lipinski definition) is 1. The molecule has 0 aromatic carbocycles. The van der Waals surface area contributed by atoms with E-state index in [2.05, 4.69) is 51.6 Å². The van der Waals surface area contributed by atoms with Crippen LogP contribution in [0.3, 0.4) is 0 Å². The number of thiophene rings is 1. The minimum atomic E-state index is 0.477. The molecule has 2 aliphatic rings. The molecule has 1 N–H and O–H groups in total. The summed E-state index contributed by atoms with van der Waals surface area (Å²) in [5.74, 6) is 0. The molecule has 0 spiro atoms. The minimum Gasteiger partial charge on any atom is -0.307 e. The molecule has 0 aliphatic carbocycles. The zero-order valence-corrected chi connectivity index (χ0v) is 14.1. The molecular formula is C15H23BrN2S. The highest BCUT2D eigenvalue weighted by Gasteiger charge is 2.36. The lowest BCUT2D eigenvalue weighted by atomic mass is 9.82. The van der Waals surface area contributed by atoms with Crippen molar-refractivity contribution in [2.75, 3.05) is 7.05 Å². The molecule has 3 rings (SSSR count). The molecule has 3 unspecified atom stereocenters. The summed E-state index contributed by atoms with van der Waals surface area (Å²) in [5.41, 5.74) is 0. The molecular weight excluding hydrogens is 320 g/mol. The minimum absolute atomic E-state index is 0.477. The van der Waals surface area contributed by atoms with Crippen LogP contribution in [0.5, 0.6) is 0 Å². The van der Waals surface area contributed by atoms with Crippen molar-refractivity contribution in [2.24, 2.45) is 0 Å². The van der Waals surface area contributed by atoms with E-state index in [9.17, 15) is 0 Å². The van der Waals surface area contributed by atoms with E-state index < -0.39 is 0 Å². The van der Waals surface area contributed by atoms with Crippen molar-refractivity contribution in [2.45, 2.75) is 63.2 Å². The number of nitrogens with one attached hydrogen (secondary N) is 1. The van der Waals surface area contributed by atoms with Crippen molar-refractivity contribution in [3.8, 4) is 0 Å². The second-order valence-corrected chi connectivity index (χ2v) is 7.99. The molecule has 2 fully saturated rings. The molecule has 2 saturated heterocycles. The summed E-state index contributed by atoms with van der Waals surface area (Å²) in [5, 5.41) is 6.04. The van der Waals surface area contributed by atoms with Gasteiger partial charge in [0.2, 0.25) is 0 Å². The van der Waals surface area contributed by atoms with Gasteiger partial charge in [-0.15, -0.1) is 11.3 Å². The second kappa shape index (κ2) is 5.84. The van der Waals surface area contributed by atoms with Gasteiger partial charge in [0.15, 0.2) is 0 Å². The molecule has 1 aromatic rings. The van der Waals surface area contributed by atoms with E-state index in [1.165, 1.54) is 41.5 Å². The highest BCUT2D eigenvalue weighted by molar-refractivity contribution is 9.10. The molecule has 0 radical (unpaired) electrons. The van der Waals surface area contributed by atoms with Gasteiger partial charge in [0.25, 0.3) is 0 Å². The standard InChI is InChI=1S/C15H23BrN2S/c1-10(15-6-11(16)9-19-15)17-12-7-13-4-3-5-14(8-12)18(13)2/h6,9-10,12-14,17H,3-5,7-8H2,1-2H3. The number of fused-ring (bicyclic) bond motifs is 2. The summed E-state index contributed by atoms with van der Waals surface area (Å²) < 4.78 is 1.21. The highest BCUT2D eigenvalue weighted by Crippen LogP contribution is 2.34. The third-order valence-corrected chi connectivity index (χ3v) is 6.72. The van der Waals surface area contributed by atoms with Crippen LogP contribution in [-0.4, -0.2) is 30.1 Å². The lowest BCUT2D eigenvalue weighted by Gasteiger charge is -2.47. The predicted molar refractivity (Wildman–Crippen MR) is 85.8 cm³/mol. The average molecular weight is 343 g/mol. The highest BCUT2D eigenvalue weighted by atomic mass is 79.9. The maximum absolute atomic E-state index is 3.86. The molecule has 1 aromatic heterocycles. The summed E-state index contributed by atoms with van der Waals surface area (Å²) in [6.45, 7) is 2.30. The molecule has 0 amide bonds. The summed E-state index contributed by atoms with van der Waals surface area (Å²) >= 11 is 5.40. The van der Waals surface area contributed by atoms with E-state index in [-0.39, 0.29) is 0 Å². The van der Waals surface area contributed by atoms with Gasteiger partial charge in [-0.2, -0.15) is 0 Å². The van der Waals surface area contributed by atoms with Gasteiger partial charge in [-0.05, 0) is 61.7 Å². The molecule has 2 aliphatic heterocycles. The fourth-order valence-corrected chi connectivity index (χ4v) is 5.21. The first kappa shape index (κ1) is 14.1. The van der Waals surface area contributed by atoms with Crippen LogP contribution < -0.4 is 5.32 Å². The van der Waals surface area contributed by atoms with Gasteiger partial charge in [-0.25, -0.2) is 0 Å². The Hall–Kier alpha value is 0.1000. The molecule has 106 valence electrons. The Labute approximate surface area is 128 Å². The zero-order valence-electron chi connectivity index (χ0n) is 11.7. The number of piperidine rings is 2. The summed E-state index contributed by atoms with van der Waals surface area (Å²) in [6.07, 6.45) is 6.86. The Morgan fingerprint density at radius 3 is 2.63 bits per heavy atom. The van der Waals surface area contributed by atoms with Gasteiger partial charge in [0.1, 0.15) is 0 Å². The largest absolute Gasteiger partial charge is 0.307 e. The van der Waals surface area contributed by atoms with Crippen LogP contribution in [0.2, 0.25) is 0 Å². The van der Waals surface area contributed by atoms with Crippen molar-refractivity contribution in [3.63, 3.8) is 0 Å². The van der Waals surface area contributed by atoms with Crippen molar-refractivity contribution >= 4 is 27.3 Å². The maximum atomic E-state index is 3.86. The Balaban J connectivity index is 1.61. The van der Waals surface area contributed by atoms with E-state index in [4.69, 9.17) is 0 Å². The first-order valence-corrected chi connectivity index (χ1v) is 9.02. The van der Waals surface area contributed by atoms with Crippen LogP contribution in [0.1, 0.15) is 49.9 Å². The van der Waals surface area contributed by atoms with Crippen molar-refractivity contribution in [1.29, 1.82) is 0 Å². The first-order valence-electron chi connectivity index (χ1n) is 7.35. The second-order valence-electron chi connectivity index (χ2n) is 6.13. The molecule has 2 nitrogen and oxygen atoms in total. The number of hydrogen-bond acceptors (Lipinski definition) is 3. The van der Waals surface area contributed by atoms with Gasteiger partial charge in [-0.3, -0.25) is 0 Å². The van der Waals surface area contributed by atoms with Crippen LogP contribution in [0, 0.1) is 0 Å². The van der Waals surface area contributed by atoms with Crippen molar-refractivity contribution < 1.29 is 0 Å². The van der Waals surface area contributed by atoms with Crippen LogP contribution in [0.4, 0.5) is 0 Å². The summed E-state index contributed by atoms with van der Waals surface area (Å²) in [7, 11) is 2.32. The Bertz CT molecular complexity index is 420. The van der Waals surface area contributed by atoms with Gasteiger partial charge in [-0.1, -0.05) is 6.42 Å².